The molecule has 0 aliphatic heterocycles. The summed E-state index contributed by atoms with van der Waals surface area (Å²) in [6.45, 7) is 2.28. The Morgan fingerprint density at radius 1 is 1.25 bits per heavy atom. The van der Waals surface area contributed by atoms with Crippen LogP contribution in [-0.2, 0) is 20.7 Å². The SMILES string of the molecule is Cc1cccc(CCCOC(=O)CNC(=O)CC2CCCCC2)n1. The van der Waals surface area contributed by atoms with Crippen LogP contribution in [0.1, 0.15) is 56.3 Å². The smallest absolute Gasteiger partial charge is 0.325 e. The Bertz CT molecular complexity index is 539. The van der Waals surface area contributed by atoms with Gasteiger partial charge in [0.25, 0.3) is 0 Å². The molecule has 1 N–H and O–H groups in total. The average molecular weight is 332 g/mol. The van der Waals surface area contributed by atoms with Crippen LogP contribution in [-0.4, -0.2) is 30.0 Å². The van der Waals surface area contributed by atoms with Crippen molar-refractivity contribution in [3.05, 3.63) is 29.6 Å². The molecule has 1 saturated carbocycles. The van der Waals surface area contributed by atoms with Crippen LogP contribution >= 0.6 is 0 Å². The van der Waals surface area contributed by atoms with Gasteiger partial charge in [0.1, 0.15) is 6.54 Å². The summed E-state index contributed by atoms with van der Waals surface area (Å²) in [5.74, 6) is 0.0728. The zero-order valence-corrected chi connectivity index (χ0v) is 14.6. The third-order valence-electron chi connectivity index (χ3n) is 4.42. The van der Waals surface area contributed by atoms with Gasteiger partial charge >= 0.3 is 5.97 Å². The Kier molecular flexibility index (Phi) is 7.72. The summed E-state index contributed by atoms with van der Waals surface area (Å²) in [6.07, 6.45) is 8.03. The van der Waals surface area contributed by atoms with Crippen molar-refractivity contribution in [1.29, 1.82) is 0 Å². The number of amides is 1. The van der Waals surface area contributed by atoms with E-state index in [0.29, 0.717) is 18.9 Å². The van der Waals surface area contributed by atoms with E-state index in [2.05, 4.69) is 10.3 Å². The van der Waals surface area contributed by atoms with Crippen LogP contribution in [0.25, 0.3) is 0 Å². The lowest BCUT2D eigenvalue weighted by Crippen LogP contribution is -2.32. The van der Waals surface area contributed by atoms with Gasteiger partial charge in [-0.2, -0.15) is 0 Å². The molecule has 24 heavy (non-hydrogen) atoms. The van der Waals surface area contributed by atoms with E-state index < -0.39 is 0 Å². The van der Waals surface area contributed by atoms with Crippen molar-refractivity contribution in [1.82, 2.24) is 10.3 Å². The number of hydrogen-bond donors (Lipinski definition) is 1. The highest BCUT2D eigenvalue weighted by Gasteiger charge is 2.17. The van der Waals surface area contributed by atoms with Crippen LogP contribution < -0.4 is 5.32 Å². The summed E-state index contributed by atoms with van der Waals surface area (Å²) in [6, 6.07) is 5.91. The van der Waals surface area contributed by atoms with E-state index in [4.69, 9.17) is 4.74 Å². The zero-order valence-electron chi connectivity index (χ0n) is 14.6. The molecule has 0 spiro atoms. The molecule has 1 aliphatic rings. The maximum atomic E-state index is 11.8. The van der Waals surface area contributed by atoms with Crippen molar-refractivity contribution in [2.24, 2.45) is 5.92 Å². The van der Waals surface area contributed by atoms with Crippen LogP contribution in [0.4, 0.5) is 0 Å². The molecule has 5 heteroatoms. The number of carbonyl (C=O) groups is 2. The number of esters is 1. The quantitative estimate of drug-likeness (QED) is 0.587. The van der Waals surface area contributed by atoms with Crippen LogP contribution in [0.3, 0.4) is 0 Å². The molecule has 0 bridgehead atoms. The number of nitrogens with zero attached hydrogens (tertiary/aromatic N) is 1. The normalized spacial score (nSPS) is 15.0. The van der Waals surface area contributed by atoms with E-state index in [1.54, 1.807) is 0 Å². The first-order valence-corrected chi connectivity index (χ1v) is 8.98. The maximum absolute atomic E-state index is 11.8. The van der Waals surface area contributed by atoms with Gasteiger partial charge in [0.05, 0.1) is 6.61 Å². The van der Waals surface area contributed by atoms with E-state index in [9.17, 15) is 9.59 Å². The van der Waals surface area contributed by atoms with Crippen LogP contribution in [0, 0.1) is 12.8 Å². The van der Waals surface area contributed by atoms with Crippen LogP contribution in [0.5, 0.6) is 0 Å². The number of rotatable bonds is 8. The Labute approximate surface area is 144 Å². The average Bonchev–Trinajstić information content (AvgIpc) is 2.58. The van der Waals surface area contributed by atoms with Gasteiger partial charge in [0.2, 0.25) is 5.91 Å². The second-order valence-electron chi connectivity index (χ2n) is 6.58. The van der Waals surface area contributed by atoms with Gasteiger partial charge in [-0.25, -0.2) is 0 Å². The largest absolute Gasteiger partial charge is 0.464 e. The lowest BCUT2D eigenvalue weighted by molar-refractivity contribution is -0.144. The molecule has 1 fully saturated rings. The number of ether oxygens (including phenoxy) is 1. The first-order chi connectivity index (χ1) is 11.6. The van der Waals surface area contributed by atoms with Gasteiger partial charge in [-0.05, 0) is 50.7 Å². The second-order valence-corrected chi connectivity index (χ2v) is 6.58. The Morgan fingerprint density at radius 3 is 2.79 bits per heavy atom. The lowest BCUT2D eigenvalue weighted by atomic mass is 9.87. The fourth-order valence-electron chi connectivity index (χ4n) is 3.13. The Morgan fingerprint density at radius 2 is 2.04 bits per heavy atom. The third-order valence-corrected chi connectivity index (χ3v) is 4.42. The maximum Gasteiger partial charge on any atom is 0.325 e. The summed E-state index contributed by atoms with van der Waals surface area (Å²) >= 11 is 0. The molecule has 0 atom stereocenters. The molecule has 2 rings (SSSR count). The molecule has 5 nitrogen and oxygen atoms in total. The summed E-state index contributed by atoms with van der Waals surface area (Å²) in [5, 5.41) is 2.67. The molecule has 1 aromatic heterocycles. The van der Waals surface area contributed by atoms with Crippen molar-refractivity contribution in [3.63, 3.8) is 0 Å². The fourth-order valence-corrected chi connectivity index (χ4v) is 3.13. The molecule has 0 unspecified atom stereocenters. The van der Waals surface area contributed by atoms with Gasteiger partial charge in [-0.15, -0.1) is 0 Å². The number of nitrogens with one attached hydrogen (secondary N) is 1. The van der Waals surface area contributed by atoms with Crippen LogP contribution in [0.2, 0.25) is 0 Å². The minimum atomic E-state index is -0.371. The predicted octanol–water partition coefficient (Wildman–Crippen LogP) is 2.95. The highest BCUT2D eigenvalue weighted by atomic mass is 16.5. The van der Waals surface area contributed by atoms with Gasteiger partial charge in [0, 0.05) is 17.8 Å². The monoisotopic (exact) mass is 332 g/mol. The van der Waals surface area contributed by atoms with Gasteiger partial charge in [-0.1, -0.05) is 25.3 Å². The molecule has 132 valence electrons. The van der Waals surface area contributed by atoms with Crippen molar-refractivity contribution in [3.8, 4) is 0 Å². The summed E-state index contributed by atoms with van der Waals surface area (Å²) in [7, 11) is 0. The van der Waals surface area contributed by atoms with Crippen molar-refractivity contribution < 1.29 is 14.3 Å². The van der Waals surface area contributed by atoms with E-state index >= 15 is 0 Å². The second kappa shape index (κ2) is 10.1. The van der Waals surface area contributed by atoms with E-state index in [-0.39, 0.29) is 18.4 Å². The van der Waals surface area contributed by atoms with Crippen molar-refractivity contribution in [2.45, 2.75) is 58.3 Å². The van der Waals surface area contributed by atoms with E-state index in [0.717, 1.165) is 37.1 Å². The minimum Gasteiger partial charge on any atom is -0.464 e. The van der Waals surface area contributed by atoms with E-state index in [1.807, 2.05) is 25.1 Å². The van der Waals surface area contributed by atoms with E-state index in [1.165, 1.54) is 19.3 Å². The summed E-state index contributed by atoms with van der Waals surface area (Å²) < 4.78 is 5.15. The molecule has 1 aliphatic carbocycles. The first-order valence-electron chi connectivity index (χ1n) is 8.98. The van der Waals surface area contributed by atoms with Crippen molar-refractivity contribution in [2.75, 3.05) is 13.2 Å². The lowest BCUT2D eigenvalue weighted by Gasteiger charge is -2.20. The highest BCUT2D eigenvalue weighted by molar-refractivity contribution is 5.81. The molecule has 0 radical (unpaired) electrons. The topological polar surface area (TPSA) is 68.3 Å². The number of pyridine rings is 1. The summed E-state index contributed by atoms with van der Waals surface area (Å²) in [5.41, 5.74) is 2.00. The number of carbonyl (C=O) groups excluding carboxylic acids is 2. The molecular weight excluding hydrogens is 304 g/mol. The predicted molar refractivity (Wildman–Crippen MR) is 92.5 cm³/mol. The van der Waals surface area contributed by atoms with Crippen molar-refractivity contribution >= 4 is 11.9 Å². The highest BCUT2D eigenvalue weighted by Crippen LogP contribution is 2.25. The fraction of sp³-hybridized carbons (Fsp3) is 0.632. The van der Waals surface area contributed by atoms with Gasteiger partial charge < -0.3 is 10.1 Å². The molecule has 1 heterocycles. The number of aryl methyl sites for hydroxylation is 2. The van der Waals surface area contributed by atoms with Gasteiger partial charge in [-0.3, -0.25) is 14.6 Å². The number of aromatic nitrogens is 1. The standard InChI is InChI=1S/C19H28N2O3/c1-15-7-5-10-17(21-15)11-6-12-24-19(23)14-20-18(22)13-16-8-3-2-4-9-16/h5,7,10,16H,2-4,6,8-9,11-14H2,1H3,(H,20,22). The molecule has 1 aromatic rings. The first kappa shape index (κ1) is 18.4. The zero-order chi connectivity index (χ0) is 17.2. The van der Waals surface area contributed by atoms with Crippen LogP contribution in [0.15, 0.2) is 18.2 Å². The van der Waals surface area contributed by atoms with Gasteiger partial charge in [0.15, 0.2) is 0 Å². The minimum absolute atomic E-state index is 0.0335. The molecule has 0 saturated heterocycles. The molecule has 0 aromatic carbocycles. The Hall–Kier alpha value is -1.91. The molecular formula is C19H28N2O3. The molecule has 1 amide bonds. The number of hydrogen-bond acceptors (Lipinski definition) is 4. The Balaban J connectivity index is 1.53. The summed E-state index contributed by atoms with van der Waals surface area (Å²) in [4.78, 5) is 27.9. The third kappa shape index (κ3) is 7.11.